The Labute approximate surface area is 107 Å². The zero-order valence-corrected chi connectivity index (χ0v) is 10.3. The molecule has 0 saturated heterocycles. The van der Waals surface area contributed by atoms with Crippen LogP contribution in [0.15, 0.2) is 18.2 Å². The van der Waals surface area contributed by atoms with Crippen molar-refractivity contribution in [1.82, 2.24) is 0 Å². The van der Waals surface area contributed by atoms with Crippen molar-refractivity contribution in [3.8, 4) is 0 Å². The molecule has 0 atom stereocenters. The minimum absolute atomic E-state index is 0.139. The molecule has 0 heterocycles. The quantitative estimate of drug-likeness (QED) is 0.670. The number of halogens is 3. The fraction of sp³-hybridized carbons (Fsp3) is 0.500. The topological polar surface area (TPSA) is 55.2 Å². The summed E-state index contributed by atoms with van der Waals surface area (Å²) in [4.78, 5) is 9.57. The van der Waals surface area contributed by atoms with E-state index in [9.17, 15) is 23.3 Å². The molecule has 0 radical (unpaired) electrons. The van der Waals surface area contributed by atoms with Crippen molar-refractivity contribution in [2.45, 2.75) is 25.9 Å². The van der Waals surface area contributed by atoms with Crippen LogP contribution in [0.25, 0.3) is 0 Å². The van der Waals surface area contributed by atoms with E-state index in [2.05, 4.69) is 5.32 Å². The molecule has 1 fully saturated rings. The van der Waals surface area contributed by atoms with Gasteiger partial charge in [-0.3, -0.25) is 10.1 Å². The highest BCUT2D eigenvalue weighted by Gasteiger charge is 2.39. The lowest BCUT2D eigenvalue weighted by Gasteiger charge is -2.13. The number of rotatable bonds is 4. The molecular formula is C12H13F3N2O2. The zero-order chi connectivity index (χ0) is 14.3. The van der Waals surface area contributed by atoms with Crippen molar-refractivity contribution < 1.29 is 18.1 Å². The molecule has 0 spiro atoms. The van der Waals surface area contributed by atoms with E-state index in [-0.39, 0.29) is 11.1 Å². The van der Waals surface area contributed by atoms with Crippen LogP contribution in [0.5, 0.6) is 0 Å². The zero-order valence-electron chi connectivity index (χ0n) is 10.3. The van der Waals surface area contributed by atoms with Crippen LogP contribution in [0.3, 0.4) is 0 Å². The number of nitrogens with zero attached hydrogens (tertiary/aromatic N) is 1. The normalized spacial score (nSPS) is 17.1. The van der Waals surface area contributed by atoms with Gasteiger partial charge in [0.15, 0.2) is 0 Å². The second-order valence-electron chi connectivity index (χ2n) is 5.15. The van der Waals surface area contributed by atoms with Gasteiger partial charge in [-0.2, -0.15) is 13.2 Å². The summed E-state index contributed by atoms with van der Waals surface area (Å²) in [5.41, 5.74) is -1.75. The number of nitro groups is 1. The molecule has 0 unspecified atom stereocenters. The van der Waals surface area contributed by atoms with Crippen LogP contribution in [-0.4, -0.2) is 11.5 Å². The maximum atomic E-state index is 12.7. The van der Waals surface area contributed by atoms with Gasteiger partial charge in [-0.1, -0.05) is 6.92 Å². The summed E-state index contributed by atoms with van der Waals surface area (Å²) in [6.45, 7) is 2.61. The highest BCUT2D eigenvalue weighted by molar-refractivity contribution is 5.55. The third kappa shape index (κ3) is 3.15. The standard InChI is InChI=1S/C12H13F3N2O2/c1-11(4-5-11)7-16-8-2-3-10(17(18)19)9(6-8)12(13,14)15/h2-3,6,16H,4-5,7H2,1H3. The predicted molar refractivity (Wildman–Crippen MR) is 63.9 cm³/mol. The first-order chi connectivity index (χ1) is 8.71. The lowest BCUT2D eigenvalue weighted by atomic mass is 10.1. The third-order valence-electron chi connectivity index (χ3n) is 3.32. The maximum absolute atomic E-state index is 12.7. The molecule has 0 amide bonds. The van der Waals surface area contributed by atoms with Gasteiger partial charge in [-0.25, -0.2) is 0 Å². The summed E-state index contributed by atoms with van der Waals surface area (Å²) in [6, 6.07) is 2.99. The van der Waals surface area contributed by atoms with E-state index in [1.54, 1.807) is 0 Å². The van der Waals surface area contributed by atoms with Gasteiger partial charge in [0.2, 0.25) is 0 Å². The number of alkyl halides is 3. The molecule has 1 aromatic carbocycles. The Kier molecular flexibility index (Phi) is 3.15. The Morgan fingerprint density at radius 2 is 2.05 bits per heavy atom. The second-order valence-corrected chi connectivity index (χ2v) is 5.15. The van der Waals surface area contributed by atoms with Crippen LogP contribution in [0.1, 0.15) is 25.3 Å². The molecule has 1 aliphatic carbocycles. The van der Waals surface area contributed by atoms with Crippen LogP contribution < -0.4 is 5.32 Å². The molecule has 104 valence electrons. The third-order valence-corrected chi connectivity index (χ3v) is 3.32. The van der Waals surface area contributed by atoms with E-state index < -0.39 is 22.4 Å². The van der Waals surface area contributed by atoms with E-state index >= 15 is 0 Å². The molecule has 1 aliphatic rings. The number of anilines is 1. The summed E-state index contributed by atoms with van der Waals surface area (Å²) >= 11 is 0. The second kappa shape index (κ2) is 4.40. The Hall–Kier alpha value is -1.79. The Balaban J connectivity index is 2.24. The van der Waals surface area contributed by atoms with Crippen LogP contribution in [0.2, 0.25) is 0 Å². The first-order valence-electron chi connectivity index (χ1n) is 5.81. The molecule has 2 rings (SSSR count). The first-order valence-corrected chi connectivity index (χ1v) is 5.81. The number of nitro benzene ring substituents is 1. The SMILES string of the molecule is CC1(CNc2ccc([N+](=O)[O-])c(C(F)(F)F)c2)CC1. The van der Waals surface area contributed by atoms with Gasteiger partial charge in [0.05, 0.1) is 4.92 Å². The van der Waals surface area contributed by atoms with Crippen molar-refractivity contribution in [3.05, 3.63) is 33.9 Å². The number of hydrogen-bond donors (Lipinski definition) is 1. The fourth-order valence-electron chi connectivity index (χ4n) is 1.74. The fourth-order valence-corrected chi connectivity index (χ4v) is 1.74. The maximum Gasteiger partial charge on any atom is 0.423 e. The average Bonchev–Trinajstić information content (AvgIpc) is 3.04. The molecule has 7 heteroatoms. The van der Waals surface area contributed by atoms with E-state index in [1.807, 2.05) is 6.92 Å². The van der Waals surface area contributed by atoms with E-state index in [0.29, 0.717) is 6.54 Å². The number of hydrogen-bond acceptors (Lipinski definition) is 3. The van der Waals surface area contributed by atoms with E-state index in [4.69, 9.17) is 0 Å². The van der Waals surface area contributed by atoms with E-state index in [0.717, 1.165) is 25.0 Å². The molecule has 1 N–H and O–H groups in total. The first kappa shape index (κ1) is 13.6. The minimum atomic E-state index is -4.73. The summed E-state index contributed by atoms with van der Waals surface area (Å²) in [7, 11) is 0. The monoisotopic (exact) mass is 274 g/mol. The molecule has 4 nitrogen and oxygen atoms in total. The molecule has 0 aliphatic heterocycles. The molecular weight excluding hydrogens is 261 g/mol. The van der Waals surface area contributed by atoms with Gasteiger partial charge in [0.25, 0.3) is 5.69 Å². The van der Waals surface area contributed by atoms with Crippen LogP contribution in [0, 0.1) is 15.5 Å². The Morgan fingerprint density at radius 1 is 1.42 bits per heavy atom. The minimum Gasteiger partial charge on any atom is -0.384 e. The van der Waals surface area contributed by atoms with E-state index in [1.165, 1.54) is 6.07 Å². The highest BCUT2D eigenvalue weighted by atomic mass is 19.4. The molecule has 1 aromatic rings. The van der Waals surface area contributed by atoms with Gasteiger partial charge < -0.3 is 5.32 Å². The summed E-state index contributed by atoms with van der Waals surface area (Å²) in [5.74, 6) is 0. The smallest absolute Gasteiger partial charge is 0.384 e. The van der Waals surface area contributed by atoms with Crippen molar-refractivity contribution in [3.63, 3.8) is 0 Å². The van der Waals surface area contributed by atoms with Gasteiger partial charge in [-0.05, 0) is 30.4 Å². The van der Waals surface area contributed by atoms with Crippen molar-refractivity contribution >= 4 is 11.4 Å². The van der Waals surface area contributed by atoms with Crippen molar-refractivity contribution in [2.75, 3.05) is 11.9 Å². The lowest BCUT2D eigenvalue weighted by Crippen LogP contribution is -2.14. The molecule has 0 bridgehead atoms. The Bertz CT molecular complexity index is 510. The summed E-state index contributed by atoms with van der Waals surface area (Å²) < 4.78 is 38.2. The van der Waals surface area contributed by atoms with Gasteiger partial charge >= 0.3 is 6.18 Å². The number of nitrogens with one attached hydrogen (secondary N) is 1. The van der Waals surface area contributed by atoms with Gasteiger partial charge in [0.1, 0.15) is 5.56 Å². The van der Waals surface area contributed by atoms with Crippen molar-refractivity contribution in [1.29, 1.82) is 0 Å². The highest BCUT2D eigenvalue weighted by Crippen LogP contribution is 2.45. The van der Waals surface area contributed by atoms with Crippen LogP contribution >= 0.6 is 0 Å². The van der Waals surface area contributed by atoms with Crippen molar-refractivity contribution in [2.24, 2.45) is 5.41 Å². The van der Waals surface area contributed by atoms with Crippen LogP contribution in [0.4, 0.5) is 24.5 Å². The summed E-state index contributed by atoms with van der Waals surface area (Å²) in [5, 5.41) is 13.5. The molecule has 1 saturated carbocycles. The van der Waals surface area contributed by atoms with Crippen LogP contribution in [-0.2, 0) is 6.18 Å². The predicted octanol–water partition coefficient (Wildman–Crippen LogP) is 3.83. The average molecular weight is 274 g/mol. The largest absolute Gasteiger partial charge is 0.423 e. The molecule has 0 aromatic heterocycles. The lowest BCUT2D eigenvalue weighted by molar-refractivity contribution is -0.388. The summed E-state index contributed by atoms with van der Waals surface area (Å²) in [6.07, 6.45) is -2.65. The Morgan fingerprint density at radius 3 is 2.53 bits per heavy atom. The van der Waals surface area contributed by atoms with Gasteiger partial charge in [-0.15, -0.1) is 0 Å². The van der Waals surface area contributed by atoms with Gasteiger partial charge in [0, 0.05) is 18.3 Å². The molecule has 19 heavy (non-hydrogen) atoms. The number of benzene rings is 1.